The summed E-state index contributed by atoms with van der Waals surface area (Å²) in [5.41, 5.74) is 2.74. The molecular weight excluding hydrogens is 230 g/mol. The van der Waals surface area contributed by atoms with Gasteiger partial charge < -0.3 is 6.15 Å². The maximum absolute atomic E-state index is 2.12. The summed E-state index contributed by atoms with van der Waals surface area (Å²) in [5.74, 6) is 0. The molecule has 0 radical (unpaired) electrons. The van der Waals surface area contributed by atoms with Crippen LogP contribution in [-0.4, -0.2) is 0 Å². The van der Waals surface area contributed by atoms with Crippen molar-refractivity contribution in [1.82, 2.24) is 6.15 Å². The minimum Gasteiger partial charge on any atom is -0.344 e. The second-order valence-corrected chi connectivity index (χ2v) is 4.43. The first-order chi connectivity index (χ1) is 8.77. The Hall–Kier alpha value is -2.12. The molecule has 0 aliphatic heterocycles. The van der Waals surface area contributed by atoms with Crippen molar-refractivity contribution in [2.45, 2.75) is 13.8 Å². The minimum atomic E-state index is 0. The van der Waals surface area contributed by atoms with Gasteiger partial charge in [0.15, 0.2) is 0 Å². The van der Waals surface area contributed by atoms with E-state index in [2.05, 4.69) is 86.6 Å². The van der Waals surface area contributed by atoms with E-state index in [1.807, 2.05) is 0 Å². The molecule has 0 atom stereocenters. The molecular formula is C18H23N. The van der Waals surface area contributed by atoms with E-state index in [1.54, 1.807) is 0 Å². The van der Waals surface area contributed by atoms with E-state index in [-0.39, 0.29) is 7.58 Å². The summed E-state index contributed by atoms with van der Waals surface area (Å²) in [5, 5.41) is 2.62. The molecule has 19 heavy (non-hydrogen) atoms. The standard InChI is InChI=1S/C10H8.C8H10.H3N.H2/c1-2-6-10-8-4-3-7-9(10)5-1;1-7-5-3-4-6-8(7)2;;/h1-8H;3-6H,1-2H3;1H3;1H. The van der Waals surface area contributed by atoms with Crippen molar-refractivity contribution in [3.8, 4) is 0 Å². The smallest absolute Gasteiger partial charge is 0 e. The van der Waals surface area contributed by atoms with Crippen LogP contribution >= 0.6 is 0 Å². The Morgan fingerprint density at radius 1 is 0.526 bits per heavy atom. The van der Waals surface area contributed by atoms with Gasteiger partial charge in [0.25, 0.3) is 0 Å². The average Bonchev–Trinajstić information content (AvgIpc) is 2.43. The highest BCUT2D eigenvalue weighted by Crippen LogP contribution is 2.11. The lowest BCUT2D eigenvalue weighted by Gasteiger charge is -1.93. The number of rotatable bonds is 0. The van der Waals surface area contributed by atoms with E-state index in [4.69, 9.17) is 0 Å². The number of hydrogen-bond acceptors (Lipinski definition) is 1. The van der Waals surface area contributed by atoms with E-state index in [9.17, 15) is 0 Å². The zero-order valence-electron chi connectivity index (χ0n) is 11.6. The fraction of sp³-hybridized carbons (Fsp3) is 0.111. The molecule has 100 valence electrons. The Balaban J connectivity index is 0.000000336. The molecule has 0 fully saturated rings. The van der Waals surface area contributed by atoms with Crippen molar-refractivity contribution < 1.29 is 1.43 Å². The van der Waals surface area contributed by atoms with Crippen LogP contribution < -0.4 is 6.15 Å². The molecule has 3 aromatic rings. The molecule has 3 rings (SSSR count). The fourth-order valence-corrected chi connectivity index (χ4v) is 1.80. The molecule has 1 nitrogen and oxygen atoms in total. The number of hydrogen-bond donors (Lipinski definition) is 1. The van der Waals surface area contributed by atoms with Crippen molar-refractivity contribution in [1.29, 1.82) is 0 Å². The Morgan fingerprint density at radius 2 is 0.789 bits per heavy atom. The van der Waals surface area contributed by atoms with Gasteiger partial charge >= 0.3 is 0 Å². The van der Waals surface area contributed by atoms with Gasteiger partial charge in [0.1, 0.15) is 0 Å². The first-order valence-electron chi connectivity index (χ1n) is 6.23. The maximum atomic E-state index is 2.12. The first kappa shape index (κ1) is 14.9. The second-order valence-electron chi connectivity index (χ2n) is 4.43. The third-order valence-corrected chi connectivity index (χ3v) is 3.08. The zero-order valence-corrected chi connectivity index (χ0v) is 11.6. The molecule has 0 aliphatic rings. The van der Waals surface area contributed by atoms with Gasteiger partial charge in [0.2, 0.25) is 0 Å². The van der Waals surface area contributed by atoms with Crippen molar-refractivity contribution in [3.63, 3.8) is 0 Å². The normalized spacial score (nSPS) is 9.16. The third kappa shape index (κ3) is 4.23. The summed E-state index contributed by atoms with van der Waals surface area (Å²) in [6.07, 6.45) is 0. The molecule has 3 aromatic carbocycles. The van der Waals surface area contributed by atoms with E-state index in [1.165, 1.54) is 21.9 Å². The Kier molecular flexibility index (Phi) is 5.77. The van der Waals surface area contributed by atoms with E-state index in [0.29, 0.717) is 0 Å². The summed E-state index contributed by atoms with van der Waals surface area (Å²) in [6.45, 7) is 4.24. The van der Waals surface area contributed by atoms with Crippen LogP contribution in [0.2, 0.25) is 0 Å². The van der Waals surface area contributed by atoms with E-state index in [0.717, 1.165) is 0 Å². The largest absolute Gasteiger partial charge is 0.344 e. The minimum absolute atomic E-state index is 0. The lowest BCUT2D eigenvalue weighted by atomic mass is 10.1. The summed E-state index contributed by atoms with van der Waals surface area (Å²) in [4.78, 5) is 0. The van der Waals surface area contributed by atoms with Crippen molar-refractivity contribution in [3.05, 3.63) is 83.9 Å². The first-order valence-corrected chi connectivity index (χ1v) is 6.23. The molecule has 0 unspecified atom stereocenters. The lowest BCUT2D eigenvalue weighted by molar-refractivity contribution is 1.34. The predicted octanol–water partition coefficient (Wildman–Crippen LogP) is 5.55. The van der Waals surface area contributed by atoms with Crippen LogP contribution in [0.3, 0.4) is 0 Å². The van der Waals surface area contributed by atoms with E-state index < -0.39 is 0 Å². The molecule has 3 N–H and O–H groups in total. The molecule has 0 aliphatic carbocycles. The number of benzene rings is 3. The third-order valence-electron chi connectivity index (χ3n) is 3.08. The van der Waals surface area contributed by atoms with Gasteiger partial charge in [-0.1, -0.05) is 72.8 Å². The highest BCUT2D eigenvalue weighted by Gasteiger charge is 1.85. The topological polar surface area (TPSA) is 35.0 Å². The predicted molar refractivity (Wildman–Crippen MR) is 87.0 cm³/mol. The second kappa shape index (κ2) is 7.34. The lowest BCUT2D eigenvalue weighted by Crippen LogP contribution is -1.74. The molecule has 0 spiro atoms. The molecule has 0 aromatic heterocycles. The van der Waals surface area contributed by atoms with Crippen LogP contribution in [0.15, 0.2) is 72.8 Å². The molecule has 1 heteroatoms. The number of fused-ring (bicyclic) bond motifs is 1. The molecule has 0 amide bonds. The molecule has 0 bridgehead atoms. The van der Waals surface area contributed by atoms with Crippen LogP contribution in [-0.2, 0) is 0 Å². The van der Waals surface area contributed by atoms with Crippen molar-refractivity contribution in [2.24, 2.45) is 0 Å². The Labute approximate surface area is 117 Å². The van der Waals surface area contributed by atoms with Crippen LogP contribution in [0.1, 0.15) is 12.6 Å². The van der Waals surface area contributed by atoms with Gasteiger partial charge in [-0.2, -0.15) is 0 Å². The van der Waals surface area contributed by atoms with Crippen LogP contribution in [0, 0.1) is 13.8 Å². The Morgan fingerprint density at radius 3 is 1.05 bits per heavy atom. The van der Waals surface area contributed by atoms with Gasteiger partial charge in [0, 0.05) is 1.43 Å². The van der Waals surface area contributed by atoms with Gasteiger partial charge in [-0.3, -0.25) is 0 Å². The van der Waals surface area contributed by atoms with Crippen LogP contribution in [0.25, 0.3) is 10.8 Å². The molecule has 0 saturated carbocycles. The Bertz CT molecular complexity index is 548. The average molecular weight is 253 g/mol. The van der Waals surface area contributed by atoms with Crippen LogP contribution in [0.5, 0.6) is 0 Å². The summed E-state index contributed by atoms with van der Waals surface area (Å²) in [7, 11) is 0. The van der Waals surface area contributed by atoms with Gasteiger partial charge in [0.05, 0.1) is 0 Å². The molecule has 0 heterocycles. The van der Waals surface area contributed by atoms with Crippen LogP contribution in [0.4, 0.5) is 0 Å². The summed E-state index contributed by atoms with van der Waals surface area (Å²) in [6, 6.07) is 25.1. The summed E-state index contributed by atoms with van der Waals surface area (Å²) >= 11 is 0. The van der Waals surface area contributed by atoms with Gasteiger partial charge in [-0.05, 0) is 35.7 Å². The SMILES string of the molecule is Cc1ccccc1C.N.[HH].c1ccc2ccccc2c1. The van der Waals surface area contributed by atoms with Gasteiger partial charge in [-0.25, -0.2) is 0 Å². The van der Waals surface area contributed by atoms with Crippen molar-refractivity contribution >= 4 is 10.8 Å². The van der Waals surface area contributed by atoms with E-state index >= 15 is 0 Å². The van der Waals surface area contributed by atoms with Crippen molar-refractivity contribution in [2.75, 3.05) is 0 Å². The van der Waals surface area contributed by atoms with Gasteiger partial charge in [-0.15, -0.1) is 0 Å². The number of aryl methyl sites for hydroxylation is 2. The zero-order chi connectivity index (χ0) is 12.8. The maximum Gasteiger partial charge on any atom is 0 e. The monoisotopic (exact) mass is 253 g/mol. The highest BCUT2D eigenvalue weighted by atomic mass is 14.0. The fourth-order valence-electron chi connectivity index (χ4n) is 1.80. The molecule has 0 saturated heterocycles. The highest BCUT2D eigenvalue weighted by molar-refractivity contribution is 5.81. The summed E-state index contributed by atoms with van der Waals surface area (Å²) < 4.78 is 0. The quantitative estimate of drug-likeness (QED) is 0.560.